The second-order valence-electron chi connectivity index (χ2n) is 4.20. The molecule has 0 saturated heterocycles. The predicted octanol–water partition coefficient (Wildman–Crippen LogP) is 2.30. The molecule has 1 aromatic rings. The van der Waals surface area contributed by atoms with Gasteiger partial charge in [-0.1, -0.05) is 0 Å². The van der Waals surface area contributed by atoms with E-state index in [1.54, 1.807) is 38.5 Å². The van der Waals surface area contributed by atoms with E-state index in [2.05, 4.69) is 0 Å². The summed E-state index contributed by atoms with van der Waals surface area (Å²) in [5, 5.41) is 0. The first-order valence-electron chi connectivity index (χ1n) is 6.65. The molecule has 0 aromatic heterocycles. The molecule has 1 rings (SSSR count). The van der Waals surface area contributed by atoms with Crippen LogP contribution in [0.15, 0.2) is 24.3 Å². The number of carbonyl (C=O) groups excluding carboxylic acids is 1. The third-order valence-electron chi connectivity index (χ3n) is 2.62. The first-order chi connectivity index (χ1) is 9.77. The quantitative estimate of drug-likeness (QED) is 0.487. The van der Waals surface area contributed by atoms with Gasteiger partial charge in [-0.05, 0) is 37.1 Å². The zero-order valence-corrected chi connectivity index (χ0v) is 12.1. The van der Waals surface area contributed by atoms with Crippen LogP contribution in [0, 0.1) is 0 Å². The number of hydrogen-bond donors (Lipinski definition) is 0. The Morgan fingerprint density at radius 1 is 0.900 bits per heavy atom. The minimum atomic E-state index is -0.353. The largest absolute Gasteiger partial charge is 0.494 e. The lowest BCUT2D eigenvalue weighted by atomic mass is 10.2. The van der Waals surface area contributed by atoms with E-state index in [0.717, 1.165) is 25.2 Å². The summed E-state index contributed by atoms with van der Waals surface area (Å²) in [7, 11) is 3.25. The highest BCUT2D eigenvalue weighted by atomic mass is 16.6. The summed E-state index contributed by atoms with van der Waals surface area (Å²) in [5.74, 6) is 0.393. The summed E-state index contributed by atoms with van der Waals surface area (Å²) in [5.41, 5.74) is 0.507. The van der Waals surface area contributed by atoms with Gasteiger partial charge in [0.05, 0.1) is 18.8 Å². The molecule has 0 amide bonds. The number of methoxy groups -OCH3 is 2. The van der Waals surface area contributed by atoms with E-state index in [-0.39, 0.29) is 12.6 Å². The molecule has 0 radical (unpaired) electrons. The molecule has 0 fully saturated rings. The maximum absolute atomic E-state index is 11.6. The number of unbranched alkanes of at least 4 members (excludes halogenated alkanes) is 1. The Bertz CT molecular complexity index is 374. The van der Waals surface area contributed by atoms with E-state index in [4.69, 9.17) is 18.9 Å². The van der Waals surface area contributed by atoms with Crippen molar-refractivity contribution in [2.75, 3.05) is 40.6 Å². The van der Waals surface area contributed by atoms with Crippen molar-refractivity contribution in [2.24, 2.45) is 0 Å². The summed E-state index contributed by atoms with van der Waals surface area (Å²) >= 11 is 0. The third kappa shape index (κ3) is 6.54. The summed E-state index contributed by atoms with van der Waals surface area (Å²) in [6, 6.07) is 6.92. The van der Waals surface area contributed by atoms with Gasteiger partial charge in [0, 0.05) is 20.8 Å². The normalized spacial score (nSPS) is 10.3. The van der Waals surface area contributed by atoms with Gasteiger partial charge < -0.3 is 18.9 Å². The highest BCUT2D eigenvalue weighted by molar-refractivity contribution is 5.89. The fourth-order valence-electron chi connectivity index (χ4n) is 1.53. The van der Waals surface area contributed by atoms with Gasteiger partial charge in [0.1, 0.15) is 12.4 Å². The molecular formula is C15H22O5. The van der Waals surface area contributed by atoms with Crippen LogP contribution in [-0.4, -0.2) is 46.6 Å². The molecule has 0 spiro atoms. The minimum absolute atomic E-state index is 0.257. The Morgan fingerprint density at radius 2 is 1.55 bits per heavy atom. The second-order valence-corrected chi connectivity index (χ2v) is 4.20. The van der Waals surface area contributed by atoms with Gasteiger partial charge in [0.15, 0.2) is 0 Å². The van der Waals surface area contributed by atoms with Gasteiger partial charge in [0.25, 0.3) is 0 Å². The molecule has 20 heavy (non-hydrogen) atoms. The molecule has 5 heteroatoms. The lowest BCUT2D eigenvalue weighted by Crippen LogP contribution is -2.09. The minimum Gasteiger partial charge on any atom is -0.494 e. The van der Waals surface area contributed by atoms with Crippen molar-refractivity contribution in [3.05, 3.63) is 29.8 Å². The Hall–Kier alpha value is -1.59. The van der Waals surface area contributed by atoms with Crippen LogP contribution in [0.2, 0.25) is 0 Å². The van der Waals surface area contributed by atoms with Gasteiger partial charge in [0.2, 0.25) is 0 Å². The van der Waals surface area contributed by atoms with Gasteiger partial charge in [-0.2, -0.15) is 0 Å². The topological polar surface area (TPSA) is 54.0 Å². The molecule has 1 aromatic carbocycles. The number of esters is 1. The number of ether oxygens (including phenoxy) is 4. The Kier molecular flexibility index (Phi) is 8.42. The molecule has 112 valence electrons. The lowest BCUT2D eigenvalue weighted by molar-refractivity contribution is 0.0388. The highest BCUT2D eigenvalue weighted by Crippen LogP contribution is 2.13. The Morgan fingerprint density at radius 3 is 2.20 bits per heavy atom. The second kappa shape index (κ2) is 10.2. The SMILES string of the molecule is COCCCCOc1ccc(C(=O)OCCOC)cc1. The predicted molar refractivity (Wildman–Crippen MR) is 75.2 cm³/mol. The standard InChI is InChI=1S/C15H22O5/c1-17-9-3-4-10-19-14-7-5-13(6-8-14)15(16)20-12-11-18-2/h5-8H,3-4,9-12H2,1-2H3. The van der Waals surface area contributed by atoms with E-state index in [9.17, 15) is 4.79 Å². The average molecular weight is 282 g/mol. The van der Waals surface area contributed by atoms with Crippen LogP contribution in [0.5, 0.6) is 5.75 Å². The third-order valence-corrected chi connectivity index (χ3v) is 2.62. The van der Waals surface area contributed by atoms with Crippen LogP contribution in [0.4, 0.5) is 0 Å². The van der Waals surface area contributed by atoms with Gasteiger partial charge in [-0.3, -0.25) is 0 Å². The van der Waals surface area contributed by atoms with Gasteiger partial charge in [-0.15, -0.1) is 0 Å². The van der Waals surface area contributed by atoms with Crippen molar-refractivity contribution in [3.63, 3.8) is 0 Å². The van der Waals surface area contributed by atoms with Crippen LogP contribution in [-0.2, 0) is 14.2 Å². The van der Waals surface area contributed by atoms with Crippen molar-refractivity contribution in [1.29, 1.82) is 0 Å². The molecule has 0 bridgehead atoms. The fourth-order valence-corrected chi connectivity index (χ4v) is 1.53. The van der Waals surface area contributed by atoms with Crippen molar-refractivity contribution in [2.45, 2.75) is 12.8 Å². The van der Waals surface area contributed by atoms with E-state index >= 15 is 0 Å². The molecule has 0 aliphatic carbocycles. The summed E-state index contributed by atoms with van der Waals surface area (Å²) in [4.78, 5) is 11.6. The molecule has 0 aliphatic rings. The number of carbonyl (C=O) groups is 1. The summed E-state index contributed by atoms with van der Waals surface area (Å²) in [6.07, 6.45) is 1.91. The van der Waals surface area contributed by atoms with Crippen molar-refractivity contribution < 1.29 is 23.7 Å². The number of benzene rings is 1. The molecule has 5 nitrogen and oxygen atoms in total. The van der Waals surface area contributed by atoms with Crippen molar-refractivity contribution in [1.82, 2.24) is 0 Å². The average Bonchev–Trinajstić information content (AvgIpc) is 2.48. The zero-order chi connectivity index (χ0) is 14.6. The molecule has 0 atom stereocenters. The fraction of sp³-hybridized carbons (Fsp3) is 0.533. The summed E-state index contributed by atoms with van der Waals surface area (Å²) < 4.78 is 20.3. The van der Waals surface area contributed by atoms with Gasteiger partial charge >= 0.3 is 5.97 Å². The first-order valence-corrected chi connectivity index (χ1v) is 6.65. The lowest BCUT2D eigenvalue weighted by Gasteiger charge is -2.07. The van der Waals surface area contributed by atoms with E-state index in [0.29, 0.717) is 18.8 Å². The maximum atomic E-state index is 11.6. The maximum Gasteiger partial charge on any atom is 0.338 e. The van der Waals surface area contributed by atoms with Crippen LogP contribution in [0.1, 0.15) is 23.2 Å². The summed E-state index contributed by atoms with van der Waals surface area (Å²) in [6.45, 7) is 2.04. The van der Waals surface area contributed by atoms with Crippen LogP contribution >= 0.6 is 0 Å². The monoisotopic (exact) mass is 282 g/mol. The first kappa shape index (κ1) is 16.5. The van der Waals surface area contributed by atoms with Crippen LogP contribution in [0.3, 0.4) is 0 Å². The number of hydrogen-bond acceptors (Lipinski definition) is 5. The van der Waals surface area contributed by atoms with Gasteiger partial charge in [-0.25, -0.2) is 4.79 Å². The van der Waals surface area contributed by atoms with E-state index < -0.39 is 0 Å². The van der Waals surface area contributed by atoms with E-state index in [1.807, 2.05) is 0 Å². The molecular weight excluding hydrogens is 260 g/mol. The Balaban J connectivity index is 2.30. The smallest absolute Gasteiger partial charge is 0.338 e. The molecule has 0 saturated carbocycles. The van der Waals surface area contributed by atoms with Crippen LogP contribution in [0.25, 0.3) is 0 Å². The van der Waals surface area contributed by atoms with Crippen molar-refractivity contribution in [3.8, 4) is 5.75 Å². The van der Waals surface area contributed by atoms with Crippen LogP contribution < -0.4 is 4.74 Å². The number of rotatable bonds is 10. The van der Waals surface area contributed by atoms with E-state index in [1.165, 1.54) is 0 Å². The molecule has 0 aliphatic heterocycles. The zero-order valence-electron chi connectivity index (χ0n) is 12.1. The molecule has 0 N–H and O–H groups in total. The van der Waals surface area contributed by atoms with Crippen molar-refractivity contribution >= 4 is 5.97 Å². The highest BCUT2D eigenvalue weighted by Gasteiger charge is 2.06. The molecule has 0 heterocycles. The molecule has 0 unspecified atom stereocenters. The Labute approximate surface area is 119 Å².